The van der Waals surface area contributed by atoms with E-state index in [0.717, 1.165) is 5.92 Å². The maximum atomic E-state index is 5.10. The Morgan fingerprint density at radius 3 is 2.88 bits per heavy atom. The molecule has 0 bridgehead atoms. The molecule has 0 radical (unpaired) electrons. The summed E-state index contributed by atoms with van der Waals surface area (Å²) in [6.07, 6.45) is 6.64. The van der Waals surface area contributed by atoms with Crippen molar-refractivity contribution in [3.8, 4) is 0 Å². The van der Waals surface area contributed by atoms with Crippen molar-refractivity contribution < 1.29 is 4.52 Å². The van der Waals surface area contributed by atoms with Gasteiger partial charge in [-0.05, 0) is 25.7 Å². The fraction of sp³-hybridized carbons (Fsp3) is 0.833. The van der Waals surface area contributed by atoms with Crippen LogP contribution in [0.15, 0.2) is 4.52 Å². The maximum absolute atomic E-state index is 5.10. The second-order valence-electron chi connectivity index (χ2n) is 4.68. The van der Waals surface area contributed by atoms with Gasteiger partial charge in [-0.3, -0.25) is 0 Å². The van der Waals surface area contributed by atoms with Crippen LogP contribution in [0.1, 0.15) is 50.7 Å². The van der Waals surface area contributed by atoms with Crippen molar-refractivity contribution in [1.29, 1.82) is 0 Å². The third-order valence-corrected chi connectivity index (χ3v) is 3.52. The Hall–Kier alpha value is -0.900. The molecule has 4 nitrogen and oxygen atoms in total. The fourth-order valence-corrected chi connectivity index (χ4v) is 2.60. The third-order valence-electron chi connectivity index (χ3n) is 3.52. The molecule has 1 fully saturated rings. The van der Waals surface area contributed by atoms with E-state index in [-0.39, 0.29) is 0 Å². The highest BCUT2D eigenvalue weighted by Crippen LogP contribution is 2.26. The van der Waals surface area contributed by atoms with Crippen LogP contribution < -0.4 is 5.32 Å². The summed E-state index contributed by atoms with van der Waals surface area (Å²) in [5, 5.41) is 7.35. The summed E-state index contributed by atoms with van der Waals surface area (Å²) >= 11 is 0. The zero-order valence-electron chi connectivity index (χ0n) is 10.2. The lowest BCUT2D eigenvalue weighted by Crippen LogP contribution is -2.37. The van der Waals surface area contributed by atoms with Crippen LogP contribution in [0.3, 0.4) is 0 Å². The molecular weight excluding hydrogens is 202 g/mol. The molecule has 1 heterocycles. The van der Waals surface area contributed by atoms with Gasteiger partial charge in [0.1, 0.15) is 0 Å². The van der Waals surface area contributed by atoms with Gasteiger partial charge < -0.3 is 9.84 Å². The van der Waals surface area contributed by atoms with Gasteiger partial charge in [-0.25, -0.2) is 0 Å². The van der Waals surface area contributed by atoms with E-state index in [1.54, 1.807) is 0 Å². The number of aryl methyl sites for hydroxylation is 1. The molecule has 90 valence electrons. The number of aromatic nitrogens is 2. The van der Waals surface area contributed by atoms with Gasteiger partial charge in [0.05, 0.1) is 6.54 Å². The van der Waals surface area contributed by atoms with Gasteiger partial charge in [0, 0.05) is 6.04 Å². The van der Waals surface area contributed by atoms with Gasteiger partial charge in [-0.2, -0.15) is 4.98 Å². The number of hydrogen-bond acceptors (Lipinski definition) is 4. The van der Waals surface area contributed by atoms with E-state index < -0.39 is 0 Å². The van der Waals surface area contributed by atoms with Crippen molar-refractivity contribution in [3.05, 3.63) is 11.7 Å². The number of rotatable bonds is 4. The monoisotopic (exact) mass is 223 g/mol. The minimum absolute atomic E-state index is 0.631. The lowest BCUT2D eigenvalue weighted by molar-refractivity contribution is 0.244. The second-order valence-corrected chi connectivity index (χ2v) is 4.68. The van der Waals surface area contributed by atoms with Crippen molar-refractivity contribution in [2.24, 2.45) is 5.92 Å². The Morgan fingerprint density at radius 2 is 2.19 bits per heavy atom. The number of nitrogens with one attached hydrogen (secondary N) is 1. The molecule has 2 unspecified atom stereocenters. The summed E-state index contributed by atoms with van der Waals surface area (Å²) in [6.45, 7) is 4.84. The SMILES string of the molecule is CCC1CCCCC1NCc1nc(C)no1. The molecule has 4 heteroatoms. The lowest BCUT2D eigenvalue weighted by Gasteiger charge is -2.31. The molecular formula is C12H21N3O. The van der Waals surface area contributed by atoms with Crippen LogP contribution in [0.2, 0.25) is 0 Å². The van der Waals surface area contributed by atoms with Crippen LogP contribution in [0.4, 0.5) is 0 Å². The first-order chi connectivity index (χ1) is 7.79. The van der Waals surface area contributed by atoms with Gasteiger partial charge in [-0.1, -0.05) is 31.3 Å². The average Bonchev–Trinajstić information content (AvgIpc) is 2.73. The molecule has 0 aromatic carbocycles. The maximum Gasteiger partial charge on any atom is 0.240 e. The lowest BCUT2D eigenvalue weighted by atomic mass is 9.83. The van der Waals surface area contributed by atoms with Gasteiger partial charge in [-0.15, -0.1) is 0 Å². The number of hydrogen-bond donors (Lipinski definition) is 1. The zero-order valence-corrected chi connectivity index (χ0v) is 10.2. The van der Waals surface area contributed by atoms with Crippen LogP contribution in [0, 0.1) is 12.8 Å². The van der Waals surface area contributed by atoms with E-state index >= 15 is 0 Å². The molecule has 0 saturated heterocycles. The van der Waals surface area contributed by atoms with Crippen LogP contribution >= 0.6 is 0 Å². The summed E-state index contributed by atoms with van der Waals surface area (Å²) in [5.41, 5.74) is 0. The molecule has 1 aromatic rings. The zero-order chi connectivity index (χ0) is 11.4. The van der Waals surface area contributed by atoms with Crippen molar-refractivity contribution in [2.75, 3.05) is 0 Å². The van der Waals surface area contributed by atoms with E-state index in [0.29, 0.717) is 24.3 Å². The molecule has 2 rings (SSSR count). The summed E-state index contributed by atoms with van der Waals surface area (Å²) in [7, 11) is 0. The summed E-state index contributed by atoms with van der Waals surface area (Å²) in [4.78, 5) is 4.21. The average molecular weight is 223 g/mol. The molecule has 1 aliphatic rings. The molecule has 0 amide bonds. The number of nitrogens with zero attached hydrogens (tertiary/aromatic N) is 2. The van der Waals surface area contributed by atoms with Gasteiger partial charge in [0.25, 0.3) is 0 Å². The van der Waals surface area contributed by atoms with Gasteiger partial charge in [0.2, 0.25) is 5.89 Å². The smallest absolute Gasteiger partial charge is 0.240 e. The van der Waals surface area contributed by atoms with Crippen LogP contribution in [0.25, 0.3) is 0 Å². The Bertz CT molecular complexity index is 324. The van der Waals surface area contributed by atoms with E-state index in [2.05, 4.69) is 22.4 Å². The molecule has 1 saturated carbocycles. The quantitative estimate of drug-likeness (QED) is 0.851. The second kappa shape index (κ2) is 5.43. The molecule has 1 aliphatic carbocycles. The molecule has 0 aliphatic heterocycles. The highest BCUT2D eigenvalue weighted by atomic mass is 16.5. The van der Waals surface area contributed by atoms with Gasteiger partial charge in [0.15, 0.2) is 5.82 Å². The van der Waals surface area contributed by atoms with Crippen LogP contribution in [-0.4, -0.2) is 16.2 Å². The molecule has 1 N–H and O–H groups in total. The summed E-state index contributed by atoms with van der Waals surface area (Å²) < 4.78 is 5.10. The van der Waals surface area contributed by atoms with Crippen molar-refractivity contribution in [3.63, 3.8) is 0 Å². The molecule has 16 heavy (non-hydrogen) atoms. The highest BCUT2D eigenvalue weighted by Gasteiger charge is 2.23. The van der Waals surface area contributed by atoms with Crippen LogP contribution in [0.5, 0.6) is 0 Å². The van der Waals surface area contributed by atoms with Crippen molar-refractivity contribution >= 4 is 0 Å². The van der Waals surface area contributed by atoms with E-state index in [1.165, 1.54) is 32.1 Å². The molecule has 2 atom stereocenters. The van der Waals surface area contributed by atoms with Crippen molar-refractivity contribution in [1.82, 2.24) is 15.5 Å². The normalized spacial score (nSPS) is 25.9. The van der Waals surface area contributed by atoms with E-state index in [4.69, 9.17) is 4.52 Å². The predicted molar refractivity (Wildman–Crippen MR) is 61.9 cm³/mol. The summed E-state index contributed by atoms with van der Waals surface area (Å²) in [5.74, 6) is 2.24. The molecule has 0 spiro atoms. The first-order valence-corrected chi connectivity index (χ1v) is 6.32. The first-order valence-electron chi connectivity index (χ1n) is 6.32. The Kier molecular flexibility index (Phi) is 3.93. The van der Waals surface area contributed by atoms with Gasteiger partial charge >= 0.3 is 0 Å². The largest absolute Gasteiger partial charge is 0.338 e. The molecule has 1 aromatic heterocycles. The van der Waals surface area contributed by atoms with Crippen molar-refractivity contribution in [2.45, 2.75) is 58.5 Å². The van der Waals surface area contributed by atoms with Crippen LogP contribution in [-0.2, 0) is 6.54 Å². The third kappa shape index (κ3) is 2.82. The van der Waals surface area contributed by atoms with E-state index in [9.17, 15) is 0 Å². The topological polar surface area (TPSA) is 51.0 Å². The minimum atomic E-state index is 0.631. The van der Waals surface area contributed by atoms with E-state index in [1.807, 2.05) is 6.92 Å². The summed E-state index contributed by atoms with van der Waals surface area (Å²) in [6, 6.07) is 0.631. The Labute approximate surface area is 96.8 Å². The fourth-order valence-electron chi connectivity index (χ4n) is 2.60. The first kappa shape index (κ1) is 11.6. The predicted octanol–water partition coefficient (Wildman–Crippen LogP) is 2.44. The highest BCUT2D eigenvalue weighted by molar-refractivity contribution is 4.85. The minimum Gasteiger partial charge on any atom is -0.338 e. The Morgan fingerprint density at radius 1 is 1.38 bits per heavy atom. The Balaban J connectivity index is 1.84. The standard InChI is InChI=1S/C12H21N3O/c1-3-10-6-4-5-7-11(10)13-8-12-14-9(2)15-16-12/h10-11,13H,3-8H2,1-2H3.